The largest absolute Gasteiger partial charge is 0.460 e. The Balaban J connectivity index is 1.02. The van der Waals surface area contributed by atoms with Crippen LogP contribution < -0.4 is 5.32 Å². The van der Waals surface area contributed by atoms with E-state index < -0.39 is 11.7 Å². The molecule has 48 heavy (non-hydrogen) atoms. The second-order valence-corrected chi connectivity index (χ2v) is 12.9. The highest BCUT2D eigenvalue weighted by molar-refractivity contribution is 5.69. The van der Waals surface area contributed by atoms with Crippen LogP contribution >= 0.6 is 0 Å². The van der Waals surface area contributed by atoms with Crippen LogP contribution in [0.1, 0.15) is 45.6 Å². The van der Waals surface area contributed by atoms with Crippen molar-refractivity contribution >= 4 is 12.1 Å². The Morgan fingerprint density at radius 3 is 1.73 bits per heavy atom. The zero-order chi connectivity index (χ0) is 34.3. The molecule has 1 N–H and O–H groups in total. The van der Waals surface area contributed by atoms with Gasteiger partial charge in [0.2, 0.25) is 0 Å². The van der Waals surface area contributed by atoms with Crippen LogP contribution in [0, 0.1) is 0 Å². The minimum Gasteiger partial charge on any atom is -0.460 e. The van der Waals surface area contributed by atoms with Gasteiger partial charge in [-0.25, -0.2) is 4.79 Å². The number of nitrogens with one attached hydrogen (secondary N) is 1. The third-order valence-corrected chi connectivity index (χ3v) is 7.82. The highest BCUT2D eigenvalue weighted by Gasteiger charge is 2.42. The molecule has 13 nitrogen and oxygen atoms in total. The van der Waals surface area contributed by atoms with Crippen molar-refractivity contribution in [2.75, 3.05) is 112 Å². The van der Waals surface area contributed by atoms with Gasteiger partial charge in [-0.05, 0) is 39.2 Å². The molecule has 0 spiro atoms. The summed E-state index contributed by atoms with van der Waals surface area (Å²) in [6.07, 6.45) is 1.77. The lowest BCUT2D eigenvalue weighted by molar-refractivity contribution is -0.155. The van der Waals surface area contributed by atoms with Crippen LogP contribution in [0.15, 0.2) is 30.3 Å². The lowest BCUT2D eigenvalue weighted by Crippen LogP contribution is -2.48. The zero-order valence-electron chi connectivity index (χ0n) is 29.4. The predicted octanol–water partition coefficient (Wildman–Crippen LogP) is 2.89. The van der Waals surface area contributed by atoms with Crippen LogP contribution in [0.2, 0.25) is 0 Å². The van der Waals surface area contributed by atoms with Crippen molar-refractivity contribution in [2.45, 2.75) is 64.3 Å². The Kier molecular flexibility index (Phi) is 20.0. The molecule has 1 aromatic carbocycles. The Bertz CT molecular complexity index is 997. The summed E-state index contributed by atoms with van der Waals surface area (Å²) in [7, 11) is 0. The number of alkyl carbamates (subject to hydrolysis) is 1. The monoisotopic (exact) mass is 681 g/mol. The number of likely N-dealkylation sites (tertiary alicyclic amines) is 2. The fourth-order valence-electron chi connectivity index (χ4n) is 5.54. The molecule has 0 aromatic heterocycles. The Hall–Kier alpha value is -2.36. The topological polar surface area (TPSA) is 126 Å². The van der Waals surface area contributed by atoms with Crippen LogP contribution in [0.3, 0.4) is 0 Å². The molecule has 2 aliphatic heterocycles. The second kappa shape index (κ2) is 23.9. The number of benzene rings is 1. The Morgan fingerprint density at radius 2 is 1.21 bits per heavy atom. The van der Waals surface area contributed by atoms with Crippen molar-refractivity contribution in [3.05, 3.63) is 35.9 Å². The molecule has 2 heterocycles. The Labute approximate surface area is 286 Å². The molecule has 2 aliphatic rings. The molecule has 0 unspecified atom stereocenters. The number of carbonyl (C=O) groups excluding carboxylic acids is 2. The van der Waals surface area contributed by atoms with Crippen molar-refractivity contribution in [1.82, 2.24) is 15.1 Å². The van der Waals surface area contributed by atoms with E-state index in [9.17, 15) is 9.59 Å². The first-order valence-electron chi connectivity index (χ1n) is 17.4. The minimum absolute atomic E-state index is 0.195. The van der Waals surface area contributed by atoms with Gasteiger partial charge in [0.25, 0.3) is 0 Å². The van der Waals surface area contributed by atoms with E-state index in [-0.39, 0.29) is 12.6 Å². The van der Waals surface area contributed by atoms with Gasteiger partial charge in [-0.1, -0.05) is 30.3 Å². The van der Waals surface area contributed by atoms with E-state index in [0.717, 1.165) is 31.7 Å². The summed E-state index contributed by atoms with van der Waals surface area (Å²) in [4.78, 5) is 28.4. The van der Waals surface area contributed by atoms with Crippen molar-refractivity contribution in [3.63, 3.8) is 0 Å². The molecule has 2 atom stereocenters. The van der Waals surface area contributed by atoms with Crippen LogP contribution in [0.25, 0.3) is 0 Å². The smallest absolute Gasteiger partial charge is 0.407 e. The van der Waals surface area contributed by atoms with Gasteiger partial charge in [-0.15, -0.1) is 0 Å². The van der Waals surface area contributed by atoms with Crippen LogP contribution in [0.4, 0.5) is 4.79 Å². The number of fused-ring (bicyclic) bond motifs is 2. The van der Waals surface area contributed by atoms with E-state index >= 15 is 0 Å². The number of piperazine rings is 1. The SMILES string of the molecule is CC(C)(C)OC(=O)CCCOCCOCCOCCOCCN1C[C@@H]2C[C@H]1CN2CCOCCOCCNC(=O)OCc1ccccc1. The van der Waals surface area contributed by atoms with Crippen LogP contribution in [0.5, 0.6) is 0 Å². The Morgan fingerprint density at radius 1 is 0.708 bits per heavy atom. The highest BCUT2D eigenvalue weighted by Crippen LogP contribution is 2.30. The van der Waals surface area contributed by atoms with Gasteiger partial charge in [0, 0.05) is 57.8 Å². The molecule has 2 bridgehead atoms. The number of rotatable bonds is 27. The lowest BCUT2D eigenvalue weighted by atomic mass is 10.2. The summed E-state index contributed by atoms with van der Waals surface area (Å²) >= 11 is 0. The summed E-state index contributed by atoms with van der Waals surface area (Å²) in [5.74, 6) is -0.195. The van der Waals surface area contributed by atoms with Gasteiger partial charge < -0.3 is 43.2 Å². The standard InChI is InChI=1S/C35H59N3O10/c1-35(2,3)48-33(39)10-7-14-41-18-22-45-24-25-46-23-21-44-17-13-38-28-31-26-32(38)27-37(31)12-16-43-20-19-42-15-11-36-34(40)47-29-30-8-5-4-6-9-30/h4-6,8-9,31-32H,7,10-29H2,1-3H3,(H,36,40)/t31-,32-/m0/s1. The van der Waals surface area contributed by atoms with Gasteiger partial charge >= 0.3 is 12.1 Å². The third kappa shape index (κ3) is 18.4. The molecule has 3 rings (SSSR count). The van der Waals surface area contributed by atoms with Gasteiger partial charge in [-0.3, -0.25) is 14.6 Å². The maximum Gasteiger partial charge on any atom is 0.407 e. The first-order chi connectivity index (χ1) is 23.3. The van der Waals surface area contributed by atoms with E-state index in [4.69, 9.17) is 37.9 Å². The predicted molar refractivity (Wildman–Crippen MR) is 180 cm³/mol. The summed E-state index contributed by atoms with van der Waals surface area (Å²) in [5, 5.41) is 2.69. The molecule has 1 amide bonds. The summed E-state index contributed by atoms with van der Waals surface area (Å²) in [6.45, 7) is 16.8. The van der Waals surface area contributed by atoms with Crippen molar-refractivity contribution in [3.8, 4) is 0 Å². The molecule has 0 saturated carbocycles. The molecule has 1 aromatic rings. The quantitative estimate of drug-likeness (QED) is 0.108. The number of esters is 1. The molecule has 0 aliphatic carbocycles. The maximum absolute atomic E-state index is 11.7. The van der Waals surface area contributed by atoms with E-state index in [2.05, 4.69) is 15.1 Å². The number of amides is 1. The van der Waals surface area contributed by atoms with E-state index in [1.165, 1.54) is 6.42 Å². The first kappa shape index (κ1) is 40.1. The van der Waals surface area contributed by atoms with E-state index in [0.29, 0.717) is 111 Å². The van der Waals surface area contributed by atoms with Gasteiger partial charge in [0.15, 0.2) is 0 Å². The number of hydrogen-bond donors (Lipinski definition) is 1. The molecular weight excluding hydrogens is 622 g/mol. The molecule has 13 heteroatoms. The molecule has 274 valence electrons. The fourth-order valence-corrected chi connectivity index (χ4v) is 5.54. The van der Waals surface area contributed by atoms with Crippen molar-refractivity contribution in [2.24, 2.45) is 0 Å². The van der Waals surface area contributed by atoms with Crippen LogP contribution in [-0.4, -0.2) is 152 Å². The lowest BCUT2D eigenvalue weighted by Gasteiger charge is -2.34. The van der Waals surface area contributed by atoms with E-state index in [1.807, 2.05) is 51.1 Å². The van der Waals surface area contributed by atoms with Gasteiger partial charge in [-0.2, -0.15) is 0 Å². The second-order valence-electron chi connectivity index (χ2n) is 12.9. The number of nitrogens with zero attached hydrogens (tertiary/aromatic N) is 2. The highest BCUT2D eigenvalue weighted by atomic mass is 16.6. The minimum atomic E-state index is -0.446. The summed E-state index contributed by atoms with van der Waals surface area (Å²) in [6, 6.07) is 10.8. The van der Waals surface area contributed by atoms with Gasteiger partial charge in [0.05, 0.1) is 72.7 Å². The number of hydrogen-bond acceptors (Lipinski definition) is 12. The third-order valence-electron chi connectivity index (χ3n) is 7.82. The average molecular weight is 682 g/mol. The zero-order valence-corrected chi connectivity index (χ0v) is 29.4. The maximum atomic E-state index is 11.7. The number of carbonyl (C=O) groups is 2. The summed E-state index contributed by atoms with van der Waals surface area (Å²) < 4.78 is 44.1. The molecule has 2 saturated heterocycles. The van der Waals surface area contributed by atoms with E-state index in [1.54, 1.807) is 0 Å². The molecular formula is C35H59N3O10. The van der Waals surface area contributed by atoms with Crippen LogP contribution in [-0.2, 0) is 49.3 Å². The van der Waals surface area contributed by atoms with Gasteiger partial charge in [0.1, 0.15) is 12.2 Å². The fraction of sp³-hybridized carbons (Fsp3) is 0.771. The number of ether oxygens (including phenoxy) is 8. The van der Waals surface area contributed by atoms with Crippen molar-refractivity contribution in [1.29, 1.82) is 0 Å². The molecule has 0 radical (unpaired) electrons. The van der Waals surface area contributed by atoms with Crippen molar-refractivity contribution < 1.29 is 47.5 Å². The average Bonchev–Trinajstić information content (AvgIpc) is 3.65. The first-order valence-corrected chi connectivity index (χ1v) is 17.4. The normalized spacial score (nSPS) is 18.0. The molecule has 2 fully saturated rings. The summed E-state index contributed by atoms with van der Waals surface area (Å²) in [5.41, 5.74) is 0.507.